The van der Waals surface area contributed by atoms with Crippen molar-refractivity contribution in [3.8, 4) is 12.1 Å². The van der Waals surface area contributed by atoms with Gasteiger partial charge in [0.05, 0.1) is 35.4 Å². The van der Waals surface area contributed by atoms with Crippen LogP contribution in [0.1, 0.15) is 25.2 Å². The summed E-state index contributed by atoms with van der Waals surface area (Å²) >= 11 is 11.2. The second-order valence-corrected chi connectivity index (χ2v) is 5.40. The number of rotatable bonds is 2. The molecule has 0 fully saturated rings. The van der Waals surface area contributed by atoms with Crippen molar-refractivity contribution in [2.75, 3.05) is 0 Å². The van der Waals surface area contributed by atoms with Crippen LogP contribution in [0.2, 0.25) is 10.3 Å². The lowest BCUT2D eigenvalue weighted by Gasteiger charge is -2.13. The van der Waals surface area contributed by atoms with Crippen LogP contribution in [0, 0.1) is 22.7 Å². The Bertz CT molecular complexity index is 718. The Labute approximate surface area is 138 Å². The fourth-order valence-electron chi connectivity index (χ4n) is 1.28. The standard InChI is InChI=1S/C8H8ClN3.C6H4ClN3/c1-8(2,4-10)6-3-7(9)12-5-11-6;7-6-3-5(1-2-8)9-4-10-6/h3,5H,1-2H3;3-4H,1H2. The summed E-state index contributed by atoms with van der Waals surface area (Å²) < 4.78 is 0. The monoisotopic (exact) mass is 334 g/mol. The minimum absolute atomic E-state index is 0.280. The maximum atomic E-state index is 8.78. The van der Waals surface area contributed by atoms with E-state index in [0.29, 0.717) is 21.7 Å². The van der Waals surface area contributed by atoms with E-state index in [2.05, 4.69) is 26.0 Å². The van der Waals surface area contributed by atoms with E-state index in [1.54, 1.807) is 26.0 Å². The number of nitriles is 2. The number of hydrogen-bond acceptors (Lipinski definition) is 6. The largest absolute Gasteiger partial charge is 0.240 e. The smallest absolute Gasteiger partial charge is 0.132 e. The van der Waals surface area contributed by atoms with E-state index in [0.717, 1.165) is 0 Å². The quantitative estimate of drug-likeness (QED) is 0.782. The molecule has 0 bridgehead atoms. The Kier molecular flexibility index (Phi) is 6.65. The molecule has 2 aromatic heterocycles. The topological polar surface area (TPSA) is 99.1 Å². The number of halogens is 2. The maximum absolute atomic E-state index is 8.78. The molecular weight excluding hydrogens is 323 g/mol. The molecule has 0 atom stereocenters. The Morgan fingerprint density at radius 2 is 1.59 bits per heavy atom. The van der Waals surface area contributed by atoms with E-state index in [1.807, 2.05) is 6.07 Å². The van der Waals surface area contributed by atoms with Crippen molar-refractivity contribution in [2.45, 2.75) is 25.7 Å². The third kappa shape index (κ3) is 5.61. The van der Waals surface area contributed by atoms with Gasteiger partial charge in [0, 0.05) is 0 Å². The van der Waals surface area contributed by atoms with Gasteiger partial charge in [0.25, 0.3) is 0 Å². The molecular formula is C14H12Cl2N6. The minimum atomic E-state index is -0.605. The van der Waals surface area contributed by atoms with E-state index >= 15 is 0 Å². The molecule has 0 saturated carbocycles. The first kappa shape index (κ1) is 17.8. The van der Waals surface area contributed by atoms with Gasteiger partial charge in [0.1, 0.15) is 23.0 Å². The third-order valence-electron chi connectivity index (χ3n) is 2.50. The van der Waals surface area contributed by atoms with Gasteiger partial charge in [0.15, 0.2) is 0 Å². The zero-order chi connectivity index (χ0) is 16.6. The lowest BCUT2D eigenvalue weighted by molar-refractivity contribution is 0.656. The van der Waals surface area contributed by atoms with Crippen LogP contribution < -0.4 is 0 Å². The molecule has 0 aliphatic heterocycles. The number of nitrogens with zero attached hydrogens (tertiary/aromatic N) is 6. The molecule has 6 nitrogen and oxygen atoms in total. The van der Waals surface area contributed by atoms with Crippen LogP contribution in [0.15, 0.2) is 24.8 Å². The maximum Gasteiger partial charge on any atom is 0.132 e. The summed E-state index contributed by atoms with van der Waals surface area (Å²) in [5.41, 5.74) is 0.694. The highest BCUT2D eigenvalue weighted by atomic mass is 35.5. The highest BCUT2D eigenvalue weighted by Crippen LogP contribution is 2.20. The van der Waals surface area contributed by atoms with E-state index < -0.39 is 5.41 Å². The Balaban J connectivity index is 0.000000224. The van der Waals surface area contributed by atoms with Crippen LogP contribution in [0.4, 0.5) is 0 Å². The Morgan fingerprint density at radius 1 is 1.00 bits per heavy atom. The summed E-state index contributed by atoms with van der Waals surface area (Å²) in [6, 6.07) is 7.27. The molecule has 0 aliphatic carbocycles. The Morgan fingerprint density at radius 3 is 2.09 bits per heavy atom. The zero-order valence-electron chi connectivity index (χ0n) is 12.0. The van der Waals surface area contributed by atoms with Crippen LogP contribution in [-0.2, 0) is 11.8 Å². The highest BCUT2D eigenvalue weighted by Gasteiger charge is 2.21. The van der Waals surface area contributed by atoms with Gasteiger partial charge in [-0.3, -0.25) is 0 Å². The van der Waals surface area contributed by atoms with Gasteiger partial charge in [-0.25, -0.2) is 19.9 Å². The molecule has 22 heavy (non-hydrogen) atoms. The molecule has 0 aliphatic rings. The highest BCUT2D eigenvalue weighted by molar-refractivity contribution is 6.29. The molecule has 2 aromatic rings. The predicted molar refractivity (Wildman–Crippen MR) is 82.0 cm³/mol. The van der Waals surface area contributed by atoms with E-state index in [1.165, 1.54) is 12.7 Å². The van der Waals surface area contributed by atoms with Gasteiger partial charge in [-0.05, 0) is 26.0 Å². The summed E-state index contributed by atoms with van der Waals surface area (Å²) in [5.74, 6) is 0. The molecule has 0 spiro atoms. The van der Waals surface area contributed by atoms with Gasteiger partial charge < -0.3 is 0 Å². The number of hydrogen-bond donors (Lipinski definition) is 0. The molecule has 0 amide bonds. The third-order valence-corrected chi connectivity index (χ3v) is 2.92. The first-order valence-corrected chi connectivity index (χ1v) is 6.87. The second kappa shape index (κ2) is 8.23. The molecule has 8 heteroatoms. The minimum Gasteiger partial charge on any atom is -0.240 e. The summed E-state index contributed by atoms with van der Waals surface area (Å²) in [6.07, 6.45) is 2.98. The zero-order valence-corrected chi connectivity index (χ0v) is 13.5. The van der Waals surface area contributed by atoms with Gasteiger partial charge >= 0.3 is 0 Å². The lowest BCUT2D eigenvalue weighted by atomic mass is 9.91. The average Bonchev–Trinajstić information content (AvgIpc) is 2.48. The molecule has 2 heterocycles. The lowest BCUT2D eigenvalue weighted by Crippen LogP contribution is -2.15. The van der Waals surface area contributed by atoms with E-state index in [9.17, 15) is 0 Å². The van der Waals surface area contributed by atoms with Gasteiger partial charge in [-0.15, -0.1) is 0 Å². The predicted octanol–water partition coefficient (Wildman–Crippen LogP) is 3.13. The van der Waals surface area contributed by atoms with Crippen molar-refractivity contribution >= 4 is 23.2 Å². The van der Waals surface area contributed by atoms with Crippen molar-refractivity contribution in [1.29, 1.82) is 10.5 Å². The van der Waals surface area contributed by atoms with Gasteiger partial charge in [-0.1, -0.05) is 23.2 Å². The normalized spacial score (nSPS) is 9.91. The number of aromatic nitrogens is 4. The summed E-state index contributed by atoms with van der Waals surface area (Å²) in [6.45, 7) is 3.57. The van der Waals surface area contributed by atoms with Crippen molar-refractivity contribution in [3.63, 3.8) is 0 Å². The van der Waals surface area contributed by atoms with Crippen molar-refractivity contribution in [1.82, 2.24) is 19.9 Å². The SMILES string of the molecule is CC(C)(C#N)c1cc(Cl)ncn1.N#CCc1cc(Cl)ncn1. The van der Waals surface area contributed by atoms with Crippen molar-refractivity contribution < 1.29 is 0 Å². The van der Waals surface area contributed by atoms with Crippen LogP contribution >= 0.6 is 23.2 Å². The average molecular weight is 335 g/mol. The Hall–Kier alpha value is -2.28. The summed E-state index contributed by atoms with van der Waals surface area (Å²) in [5, 5.41) is 17.8. The molecule has 0 N–H and O–H groups in total. The molecule has 0 radical (unpaired) electrons. The molecule has 0 aromatic carbocycles. The van der Waals surface area contributed by atoms with Crippen LogP contribution in [-0.4, -0.2) is 19.9 Å². The molecule has 0 saturated heterocycles. The summed E-state index contributed by atoms with van der Waals surface area (Å²) in [7, 11) is 0. The van der Waals surface area contributed by atoms with Crippen LogP contribution in [0.3, 0.4) is 0 Å². The van der Waals surface area contributed by atoms with Gasteiger partial charge in [0.2, 0.25) is 0 Å². The van der Waals surface area contributed by atoms with E-state index in [-0.39, 0.29) is 6.42 Å². The second-order valence-electron chi connectivity index (χ2n) is 4.63. The fourth-order valence-corrected chi connectivity index (χ4v) is 1.60. The first-order valence-electron chi connectivity index (χ1n) is 6.11. The fraction of sp³-hybridized carbons (Fsp3) is 0.286. The first-order chi connectivity index (χ1) is 10.4. The van der Waals surface area contributed by atoms with Gasteiger partial charge in [-0.2, -0.15) is 10.5 Å². The van der Waals surface area contributed by atoms with Crippen molar-refractivity contribution in [3.05, 3.63) is 46.5 Å². The molecule has 112 valence electrons. The summed E-state index contributed by atoms with van der Waals surface area (Å²) in [4.78, 5) is 15.2. The van der Waals surface area contributed by atoms with Crippen LogP contribution in [0.5, 0.6) is 0 Å². The molecule has 2 rings (SSSR count). The molecule has 0 unspecified atom stereocenters. The van der Waals surface area contributed by atoms with Crippen LogP contribution in [0.25, 0.3) is 0 Å². The van der Waals surface area contributed by atoms with Crippen molar-refractivity contribution in [2.24, 2.45) is 0 Å². The van der Waals surface area contributed by atoms with E-state index in [4.69, 9.17) is 33.7 Å².